The summed E-state index contributed by atoms with van der Waals surface area (Å²) in [4.78, 5) is 12.1. The molecule has 9 heteroatoms. The van der Waals surface area contributed by atoms with Gasteiger partial charge in [0.05, 0.1) is 11.0 Å². The first kappa shape index (κ1) is 20.8. The lowest BCUT2D eigenvalue weighted by Crippen LogP contribution is -2.41. The van der Waals surface area contributed by atoms with Crippen molar-refractivity contribution >= 4 is 38.9 Å². The monoisotopic (exact) mass is 399 g/mol. The molecule has 1 amide bonds. The van der Waals surface area contributed by atoms with Gasteiger partial charge >= 0.3 is 0 Å². The molecule has 1 aliphatic heterocycles. The second-order valence-electron chi connectivity index (χ2n) is 7.17. The molecule has 7 nitrogen and oxygen atoms in total. The Kier molecular flexibility index (Phi) is 6.73. The molecule has 0 radical (unpaired) electrons. The molecule has 1 aromatic rings. The Bertz CT molecular complexity index is 749. The predicted molar refractivity (Wildman–Crippen MR) is 104 cm³/mol. The van der Waals surface area contributed by atoms with E-state index in [4.69, 9.17) is 17.0 Å². The number of benzene rings is 1. The van der Waals surface area contributed by atoms with Crippen molar-refractivity contribution in [2.24, 2.45) is 5.41 Å². The second-order valence-corrected chi connectivity index (χ2v) is 9.34. The maximum atomic E-state index is 12.3. The molecule has 3 N–H and O–H groups in total. The van der Waals surface area contributed by atoms with Gasteiger partial charge in [-0.05, 0) is 49.3 Å². The highest BCUT2D eigenvalue weighted by molar-refractivity contribution is 7.89. The molecule has 0 saturated carbocycles. The van der Waals surface area contributed by atoms with Gasteiger partial charge in [0.1, 0.15) is 0 Å². The Balaban J connectivity index is 1.92. The summed E-state index contributed by atoms with van der Waals surface area (Å²) < 4.78 is 32.6. The van der Waals surface area contributed by atoms with Crippen molar-refractivity contribution in [1.29, 1.82) is 0 Å². The van der Waals surface area contributed by atoms with Crippen molar-refractivity contribution in [2.75, 3.05) is 18.5 Å². The van der Waals surface area contributed by atoms with E-state index >= 15 is 0 Å². The smallest absolute Gasteiger partial charge is 0.240 e. The summed E-state index contributed by atoms with van der Waals surface area (Å²) in [7, 11) is -3.59. The van der Waals surface area contributed by atoms with Gasteiger partial charge in [0.2, 0.25) is 15.9 Å². The number of rotatable bonds is 5. The highest BCUT2D eigenvalue weighted by Gasteiger charge is 2.22. The van der Waals surface area contributed by atoms with Gasteiger partial charge in [-0.15, -0.1) is 0 Å². The van der Waals surface area contributed by atoms with Crippen molar-refractivity contribution in [3.63, 3.8) is 0 Å². The van der Waals surface area contributed by atoms with E-state index in [1.807, 2.05) is 0 Å². The molecule has 0 spiro atoms. The average molecular weight is 400 g/mol. The van der Waals surface area contributed by atoms with Crippen LogP contribution < -0.4 is 15.4 Å². The van der Waals surface area contributed by atoms with Crippen LogP contribution in [0, 0.1) is 5.41 Å². The topological polar surface area (TPSA) is 96.5 Å². The number of amides is 1. The molecule has 1 aromatic carbocycles. The number of hydrogen-bond donors (Lipinski definition) is 3. The summed E-state index contributed by atoms with van der Waals surface area (Å²) in [6.07, 6.45) is 1.76. The SMILES string of the molecule is CC(C)(C)C(=O)NC(=S)Nc1ccc(S(=O)(=O)NCC2CCCO2)cc1. The minimum absolute atomic E-state index is 0.0606. The fraction of sp³-hybridized carbons (Fsp3) is 0.529. The van der Waals surface area contributed by atoms with Gasteiger partial charge in [0.15, 0.2) is 5.11 Å². The lowest BCUT2D eigenvalue weighted by atomic mass is 9.96. The Labute approximate surface area is 159 Å². The molecular formula is C17H25N3O4S2. The third-order valence-electron chi connectivity index (χ3n) is 3.86. The van der Waals surface area contributed by atoms with Crippen LogP contribution in [0.25, 0.3) is 0 Å². The van der Waals surface area contributed by atoms with Crippen molar-refractivity contribution < 1.29 is 17.9 Å². The van der Waals surface area contributed by atoms with Gasteiger partial charge in [-0.25, -0.2) is 13.1 Å². The number of sulfonamides is 1. The zero-order chi connectivity index (χ0) is 19.4. The molecule has 0 aliphatic carbocycles. The third-order valence-corrected chi connectivity index (χ3v) is 5.50. The fourth-order valence-electron chi connectivity index (χ4n) is 2.26. The van der Waals surface area contributed by atoms with Crippen LogP contribution >= 0.6 is 12.2 Å². The standard InChI is InChI=1S/C17H25N3O4S2/c1-17(2,3)15(21)20-16(25)19-12-6-8-14(9-7-12)26(22,23)18-11-13-5-4-10-24-13/h6-9,13,18H,4-5,10-11H2,1-3H3,(H2,19,20,21,25). The normalized spacial score (nSPS) is 17.7. The van der Waals surface area contributed by atoms with Crippen LogP contribution in [0.3, 0.4) is 0 Å². The number of carbonyl (C=O) groups excluding carboxylic acids is 1. The molecular weight excluding hydrogens is 374 g/mol. The lowest BCUT2D eigenvalue weighted by molar-refractivity contribution is -0.126. The van der Waals surface area contributed by atoms with Gasteiger partial charge < -0.3 is 15.4 Å². The summed E-state index contributed by atoms with van der Waals surface area (Å²) in [6, 6.07) is 6.15. The highest BCUT2D eigenvalue weighted by atomic mass is 32.2. The first-order valence-corrected chi connectivity index (χ1v) is 10.3. The Morgan fingerprint density at radius 2 is 1.92 bits per heavy atom. The van der Waals surface area contributed by atoms with Crippen LogP contribution in [0.4, 0.5) is 5.69 Å². The van der Waals surface area contributed by atoms with Crippen LogP contribution in [-0.4, -0.2) is 38.7 Å². The summed E-state index contributed by atoms with van der Waals surface area (Å²) in [5.74, 6) is -0.201. The molecule has 144 valence electrons. The van der Waals surface area contributed by atoms with Crippen LogP contribution in [0.1, 0.15) is 33.6 Å². The van der Waals surface area contributed by atoms with Crippen LogP contribution in [0.2, 0.25) is 0 Å². The summed E-state index contributed by atoms with van der Waals surface area (Å²) in [6.45, 7) is 6.31. The fourth-order valence-corrected chi connectivity index (χ4v) is 3.54. The van der Waals surface area contributed by atoms with E-state index in [1.165, 1.54) is 12.1 Å². The summed E-state index contributed by atoms with van der Waals surface area (Å²) >= 11 is 5.10. The van der Waals surface area contributed by atoms with Crippen LogP contribution in [-0.2, 0) is 19.6 Å². The molecule has 1 unspecified atom stereocenters. The Hall–Kier alpha value is -1.55. The average Bonchev–Trinajstić information content (AvgIpc) is 3.06. The molecule has 1 heterocycles. The molecule has 0 bridgehead atoms. The minimum atomic E-state index is -3.59. The number of ether oxygens (including phenoxy) is 1. The highest BCUT2D eigenvalue weighted by Crippen LogP contribution is 2.16. The summed E-state index contributed by atoms with van der Waals surface area (Å²) in [5, 5.41) is 5.63. The van der Waals surface area contributed by atoms with Gasteiger partial charge in [-0.2, -0.15) is 0 Å². The van der Waals surface area contributed by atoms with Crippen LogP contribution in [0.15, 0.2) is 29.2 Å². The zero-order valence-electron chi connectivity index (χ0n) is 15.2. The van der Waals surface area contributed by atoms with E-state index < -0.39 is 15.4 Å². The number of hydrogen-bond acceptors (Lipinski definition) is 5. The molecule has 26 heavy (non-hydrogen) atoms. The van der Waals surface area contributed by atoms with Crippen molar-refractivity contribution in [1.82, 2.24) is 10.0 Å². The number of anilines is 1. The van der Waals surface area contributed by atoms with E-state index in [0.29, 0.717) is 12.3 Å². The Morgan fingerprint density at radius 1 is 1.27 bits per heavy atom. The number of thiocarbonyl (C=S) groups is 1. The Morgan fingerprint density at radius 3 is 2.46 bits per heavy atom. The summed E-state index contributed by atoms with van der Waals surface area (Å²) in [5.41, 5.74) is 0.0283. The van der Waals surface area contributed by atoms with E-state index in [9.17, 15) is 13.2 Å². The quantitative estimate of drug-likeness (QED) is 0.656. The zero-order valence-corrected chi connectivity index (χ0v) is 16.8. The molecule has 1 fully saturated rings. The van der Waals surface area contributed by atoms with Crippen molar-refractivity contribution in [3.05, 3.63) is 24.3 Å². The van der Waals surface area contributed by atoms with Gasteiger partial charge in [-0.1, -0.05) is 20.8 Å². The van der Waals surface area contributed by atoms with Crippen molar-refractivity contribution in [3.8, 4) is 0 Å². The minimum Gasteiger partial charge on any atom is -0.377 e. The lowest BCUT2D eigenvalue weighted by Gasteiger charge is -2.18. The third kappa shape index (κ3) is 6.01. The van der Waals surface area contributed by atoms with Gasteiger partial charge in [0, 0.05) is 24.3 Å². The molecule has 1 saturated heterocycles. The van der Waals surface area contributed by atoms with Gasteiger partial charge in [-0.3, -0.25) is 4.79 Å². The maximum absolute atomic E-state index is 12.3. The largest absolute Gasteiger partial charge is 0.377 e. The molecule has 0 aromatic heterocycles. The first-order valence-electron chi connectivity index (χ1n) is 8.42. The molecule has 1 atom stereocenters. The van der Waals surface area contributed by atoms with Crippen LogP contribution in [0.5, 0.6) is 0 Å². The van der Waals surface area contributed by atoms with Crippen molar-refractivity contribution in [2.45, 2.75) is 44.6 Å². The first-order chi connectivity index (χ1) is 12.1. The molecule has 2 rings (SSSR count). The van der Waals surface area contributed by atoms with E-state index in [1.54, 1.807) is 32.9 Å². The predicted octanol–water partition coefficient (Wildman–Crippen LogP) is 2.00. The maximum Gasteiger partial charge on any atom is 0.240 e. The second kappa shape index (κ2) is 8.43. The van der Waals surface area contributed by atoms with E-state index in [-0.39, 0.29) is 28.6 Å². The van der Waals surface area contributed by atoms with Gasteiger partial charge in [0.25, 0.3) is 0 Å². The molecule has 1 aliphatic rings. The van der Waals surface area contributed by atoms with E-state index in [2.05, 4.69) is 15.4 Å². The number of carbonyl (C=O) groups is 1. The van der Waals surface area contributed by atoms with E-state index in [0.717, 1.165) is 12.8 Å². The number of nitrogens with one attached hydrogen (secondary N) is 3.